The van der Waals surface area contributed by atoms with Gasteiger partial charge >= 0.3 is 0 Å². The standard InChI is InChI=1S/C15H14BrN3O2/c1-9(17-15(20)12-7-8-13(16)21-12)14-18-10-5-3-4-6-11(10)19(14)2/h3-9H,1-2H3,(H,17,20)/t9-/m1/s1. The smallest absolute Gasteiger partial charge is 0.287 e. The molecule has 3 aromatic rings. The topological polar surface area (TPSA) is 60.1 Å². The van der Waals surface area contributed by atoms with Crippen LogP contribution in [0, 0.1) is 0 Å². The first-order valence-corrected chi connectivity index (χ1v) is 7.33. The molecule has 6 heteroatoms. The minimum absolute atomic E-state index is 0.223. The van der Waals surface area contributed by atoms with Crippen molar-refractivity contribution in [2.75, 3.05) is 0 Å². The van der Waals surface area contributed by atoms with Crippen molar-refractivity contribution in [1.82, 2.24) is 14.9 Å². The molecule has 0 spiro atoms. The number of nitrogens with one attached hydrogen (secondary N) is 1. The Kier molecular flexibility index (Phi) is 3.55. The summed E-state index contributed by atoms with van der Waals surface area (Å²) in [6, 6.07) is 11.0. The molecule has 108 valence electrons. The van der Waals surface area contributed by atoms with Crippen LogP contribution in [0.4, 0.5) is 0 Å². The summed E-state index contributed by atoms with van der Waals surface area (Å²) in [5, 5.41) is 2.89. The molecule has 5 nitrogen and oxygen atoms in total. The predicted molar refractivity (Wildman–Crippen MR) is 83.0 cm³/mol. The van der Waals surface area contributed by atoms with Crippen LogP contribution in [0.25, 0.3) is 11.0 Å². The molecule has 1 amide bonds. The van der Waals surface area contributed by atoms with E-state index in [9.17, 15) is 4.79 Å². The predicted octanol–water partition coefficient (Wildman–Crippen LogP) is 3.42. The summed E-state index contributed by atoms with van der Waals surface area (Å²) in [6.07, 6.45) is 0. The van der Waals surface area contributed by atoms with Gasteiger partial charge in [0.1, 0.15) is 5.82 Å². The number of hydrogen-bond acceptors (Lipinski definition) is 3. The Morgan fingerprint density at radius 1 is 1.33 bits per heavy atom. The summed E-state index contributed by atoms with van der Waals surface area (Å²) < 4.78 is 7.76. The van der Waals surface area contributed by atoms with Crippen molar-refractivity contribution >= 4 is 32.9 Å². The second kappa shape index (κ2) is 5.37. The fraction of sp³-hybridized carbons (Fsp3) is 0.200. The van der Waals surface area contributed by atoms with Crippen LogP contribution in [0.5, 0.6) is 0 Å². The molecule has 0 aliphatic heterocycles. The number of amides is 1. The summed E-state index contributed by atoms with van der Waals surface area (Å²) in [4.78, 5) is 16.7. The summed E-state index contributed by atoms with van der Waals surface area (Å²) in [5.74, 6) is 0.808. The van der Waals surface area contributed by atoms with E-state index >= 15 is 0 Å². The average Bonchev–Trinajstić information content (AvgIpc) is 3.04. The quantitative estimate of drug-likeness (QED) is 0.789. The number of fused-ring (bicyclic) bond motifs is 1. The molecule has 1 atom stereocenters. The highest BCUT2D eigenvalue weighted by Crippen LogP contribution is 2.20. The van der Waals surface area contributed by atoms with Crippen molar-refractivity contribution in [2.24, 2.45) is 7.05 Å². The zero-order valence-electron chi connectivity index (χ0n) is 11.6. The van der Waals surface area contributed by atoms with Crippen molar-refractivity contribution in [3.63, 3.8) is 0 Å². The van der Waals surface area contributed by atoms with Crippen molar-refractivity contribution in [3.8, 4) is 0 Å². The lowest BCUT2D eigenvalue weighted by Gasteiger charge is -2.12. The van der Waals surface area contributed by atoms with E-state index in [0.29, 0.717) is 4.67 Å². The summed E-state index contributed by atoms with van der Waals surface area (Å²) in [7, 11) is 1.94. The van der Waals surface area contributed by atoms with Crippen LogP contribution < -0.4 is 5.32 Å². The Morgan fingerprint density at radius 2 is 2.10 bits per heavy atom. The largest absolute Gasteiger partial charge is 0.444 e. The Hall–Kier alpha value is -2.08. The van der Waals surface area contributed by atoms with E-state index in [0.717, 1.165) is 16.9 Å². The van der Waals surface area contributed by atoms with E-state index in [1.807, 2.05) is 42.8 Å². The van der Waals surface area contributed by atoms with Crippen LogP contribution >= 0.6 is 15.9 Å². The lowest BCUT2D eigenvalue weighted by molar-refractivity contribution is 0.0908. The van der Waals surface area contributed by atoms with Gasteiger partial charge in [-0.05, 0) is 47.1 Å². The van der Waals surface area contributed by atoms with Gasteiger partial charge < -0.3 is 14.3 Å². The lowest BCUT2D eigenvalue weighted by atomic mass is 10.3. The maximum absolute atomic E-state index is 12.1. The number of furan rings is 1. The molecule has 0 saturated heterocycles. The van der Waals surface area contributed by atoms with Gasteiger partial charge in [0.2, 0.25) is 0 Å². The summed E-state index contributed by atoms with van der Waals surface area (Å²) in [6.45, 7) is 1.90. The molecule has 3 rings (SSSR count). The molecule has 2 heterocycles. The first kappa shape index (κ1) is 13.9. The zero-order valence-corrected chi connectivity index (χ0v) is 13.2. The summed E-state index contributed by atoms with van der Waals surface area (Å²) >= 11 is 3.18. The third-order valence-electron chi connectivity index (χ3n) is 3.35. The number of para-hydroxylation sites is 2. The van der Waals surface area contributed by atoms with Crippen LogP contribution in [0.15, 0.2) is 45.5 Å². The Balaban J connectivity index is 1.85. The second-order valence-corrected chi connectivity index (χ2v) is 5.60. The number of hydrogen-bond donors (Lipinski definition) is 1. The van der Waals surface area contributed by atoms with Crippen molar-refractivity contribution < 1.29 is 9.21 Å². The highest BCUT2D eigenvalue weighted by molar-refractivity contribution is 9.10. The minimum Gasteiger partial charge on any atom is -0.444 e. The molecular weight excluding hydrogens is 334 g/mol. The van der Waals surface area contributed by atoms with Crippen LogP contribution in [-0.4, -0.2) is 15.5 Å². The maximum atomic E-state index is 12.1. The van der Waals surface area contributed by atoms with Crippen molar-refractivity contribution in [2.45, 2.75) is 13.0 Å². The van der Waals surface area contributed by atoms with Gasteiger partial charge in [-0.25, -0.2) is 4.98 Å². The number of carbonyl (C=O) groups is 1. The molecule has 0 fully saturated rings. The molecule has 0 unspecified atom stereocenters. The zero-order chi connectivity index (χ0) is 15.0. The number of benzene rings is 1. The van der Waals surface area contributed by atoms with Crippen LogP contribution in [0.3, 0.4) is 0 Å². The minimum atomic E-state index is -0.264. The Bertz CT molecular complexity index is 806. The molecule has 21 heavy (non-hydrogen) atoms. The van der Waals surface area contributed by atoms with E-state index in [1.165, 1.54) is 0 Å². The molecule has 1 N–H and O–H groups in total. The molecular formula is C15H14BrN3O2. The molecule has 1 aromatic carbocycles. The van der Waals surface area contributed by atoms with E-state index in [1.54, 1.807) is 12.1 Å². The maximum Gasteiger partial charge on any atom is 0.287 e. The number of halogens is 1. The van der Waals surface area contributed by atoms with Gasteiger partial charge in [-0.1, -0.05) is 12.1 Å². The average molecular weight is 348 g/mol. The van der Waals surface area contributed by atoms with E-state index in [-0.39, 0.29) is 17.7 Å². The number of imidazole rings is 1. The fourth-order valence-corrected chi connectivity index (χ4v) is 2.63. The number of aryl methyl sites for hydroxylation is 1. The van der Waals surface area contributed by atoms with Gasteiger partial charge in [0.05, 0.1) is 17.1 Å². The normalized spacial score (nSPS) is 12.5. The van der Waals surface area contributed by atoms with Gasteiger partial charge in [0.25, 0.3) is 5.91 Å². The Morgan fingerprint density at radius 3 is 2.76 bits per heavy atom. The molecule has 0 aliphatic rings. The summed E-state index contributed by atoms with van der Waals surface area (Å²) in [5.41, 5.74) is 1.95. The van der Waals surface area contributed by atoms with E-state index < -0.39 is 0 Å². The molecule has 2 aromatic heterocycles. The number of rotatable bonds is 3. The van der Waals surface area contributed by atoms with E-state index in [2.05, 4.69) is 26.2 Å². The molecule has 0 radical (unpaired) electrons. The van der Waals surface area contributed by atoms with Gasteiger partial charge in [-0.15, -0.1) is 0 Å². The van der Waals surface area contributed by atoms with Crippen LogP contribution in [0.2, 0.25) is 0 Å². The highest BCUT2D eigenvalue weighted by Gasteiger charge is 2.18. The fourth-order valence-electron chi connectivity index (χ4n) is 2.32. The molecule has 0 bridgehead atoms. The van der Waals surface area contributed by atoms with Crippen LogP contribution in [-0.2, 0) is 7.05 Å². The van der Waals surface area contributed by atoms with Crippen LogP contribution in [0.1, 0.15) is 29.3 Å². The van der Waals surface area contributed by atoms with E-state index in [4.69, 9.17) is 4.42 Å². The van der Waals surface area contributed by atoms with Gasteiger partial charge in [0.15, 0.2) is 10.4 Å². The van der Waals surface area contributed by atoms with Crippen molar-refractivity contribution in [1.29, 1.82) is 0 Å². The number of aromatic nitrogens is 2. The van der Waals surface area contributed by atoms with Gasteiger partial charge in [0, 0.05) is 7.05 Å². The second-order valence-electron chi connectivity index (χ2n) is 4.82. The first-order valence-electron chi connectivity index (χ1n) is 6.54. The lowest BCUT2D eigenvalue weighted by Crippen LogP contribution is -2.28. The third kappa shape index (κ3) is 2.58. The Labute approximate surface area is 130 Å². The molecule has 0 saturated carbocycles. The van der Waals surface area contributed by atoms with Crippen molar-refractivity contribution in [3.05, 3.63) is 52.7 Å². The third-order valence-corrected chi connectivity index (χ3v) is 3.78. The van der Waals surface area contributed by atoms with Gasteiger partial charge in [-0.3, -0.25) is 4.79 Å². The highest BCUT2D eigenvalue weighted by atomic mass is 79.9. The number of carbonyl (C=O) groups excluding carboxylic acids is 1. The SMILES string of the molecule is C[C@@H](NC(=O)c1ccc(Br)o1)c1nc2ccccc2n1C. The monoisotopic (exact) mass is 347 g/mol. The molecule has 0 aliphatic carbocycles. The van der Waals surface area contributed by atoms with Gasteiger partial charge in [-0.2, -0.15) is 0 Å². The first-order chi connectivity index (χ1) is 10.1. The number of nitrogens with zero attached hydrogens (tertiary/aromatic N) is 2.